The standard InChI is InChI=1S/C15H14ClNO3/c1-2-11-4-3-5-13(8-11)20-14-6-7-15(17(18)19)12(9-14)10-16/h3-9H,2,10H2,1H3. The summed E-state index contributed by atoms with van der Waals surface area (Å²) >= 11 is 5.74. The maximum atomic E-state index is 10.8. The molecule has 2 aromatic rings. The molecule has 20 heavy (non-hydrogen) atoms. The molecule has 0 bridgehead atoms. The van der Waals surface area contributed by atoms with Crippen LogP contribution in [-0.4, -0.2) is 4.92 Å². The number of alkyl halides is 1. The zero-order valence-electron chi connectivity index (χ0n) is 11.0. The summed E-state index contributed by atoms with van der Waals surface area (Å²) in [5, 5.41) is 10.8. The van der Waals surface area contributed by atoms with Gasteiger partial charge in [0.05, 0.1) is 10.8 Å². The Morgan fingerprint density at radius 3 is 2.60 bits per heavy atom. The fraction of sp³-hybridized carbons (Fsp3) is 0.200. The lowest BCUT2D eigenvalue weighted by Gasteiger charge is -2.08. The molecular weight excluding hydrogens is 278 g/mol. The van der Waals surface area contributed by atoms with Gasteiger partial charge in [0, 0.05) is 11.6 Å². The second-order valence-electron chi connectivity index (χ2n) is 4.28. The second-order valence-corrected chi connectivity index (χ2v) is 4.55. The first-order valence-corrected chi connectivity index (χ1v) is 6.77. The van der Waals surface area contributed by atoms with E-state index in [1.165, 1.54) is 11.6 Å². The van der Waals surface area contributed by atoms with Crippen LogP contribution in [0, 0.1) is 10.1 Å². The molecule has 0 N–H and O–H groups in total. The van der Waals surface area contributed by atoms with E-state index in [0.717, 1.165) is 6.42 Å². The van der Waals surface area contributed by atoms with E-state index in [1.807, 2.05) is 24.3 Å². The van der Waals surface area contributed by atoms with E-state index in [2.05, 4.69) is 6.92 Å². The van der Waals surface area contributed by atoms with E-state index in [1.54, 1.807) is 12.1 Å². The molecule has 0 spiro atoms. The molecule has 0 amide bonds. The van der Waals surface area contributed by atoms with Crippen molar-refractivity contribution in [1.29, 1.82) is 0 Å². The van der Waals surface area contributed by atoms with Gasteiger partial charge in [0.2, 0.25) is 0 Å². The first-order valence-electron chi connectivity index (χ1n) is 6.24. The van der Waals surface area contributed by atoms with Crippen LogP contribution in [0.4, 0.5) is 5.69 Å². The van der Waals surface area contributed by atoms with Crippen LogP contribution < -0.4 is 4.74 Å². The lowest BCUT2D eigenvalue weighted by Crippen LogP contribution is -1.94. The number of nitro groups is 1. The molecule has 0 unspecified atom stereocenters. The van der Waals surface area contributed by atoms with Gasteiger partial charge >= 0.3 is 0 Å². The lowest BCUT2D eigenvalue weighted by atomic mass is 10.1. The highest BCUT2D eigenvalue weighted by Crippen LogP contribution is 2.29. The van der Waals surface area contributed by atoms with Gasteiger partial charge in [0.15, 0.2) is 0 Å². The molecule has 0 aliphatic carbocycles. The fourth-order valence-electron chi connectivity index (χ4n) is 1.88. The Kier molecular flexibility index (Phi) is 4.58. The molecule has 0 heterocycles. The highest BCUT2D eigenvalue weighted by atomic mass is 35.5. The van der Waals surface area contributed by atoms with E-state index in [9.17, 15) is 10.1 Å². The molecule has 0 saturated heterocycles. The minimum Gasteiger partial charge on any atom is -0.457 e. The molecule has 2 rings (SSSR count). The molecule has 0 fully saturated rings. The number of nitrogens with zero attached hydrogens (tertiary/aromatic N) is 1. The van der Waals surface area contributed by atoms with Crippen LogP contribution in [0.25, 0.3) is 0 Å². The van der Waals surface area contributed by atoms with E-state index in [4.69, 9.17) is 16.3 Å². The summed E-state index contributed by atoms with van der Waals surface area (Å²) in [5.74, 6) is 1.32. The molecule has 5 heteroatoms. The van der Waals surface area contributed by atoms with Crippen LogP contribution in [-0.2, 0) is 12.3 Å². The topological polar surface area (TPSA) is 52.4 Å². The molecule has 0 aliphatic heterocycles. The number of rotatable bonds is 5. The molecule has 0 saturated carbocycles. The molecule has 0 aromatic heterocycles. The number of hydrogen-bond acceptors (Lipinski definition) is 3. The second kappa shape index (κ2) is 6.39. The predicted molar refractivity (Wildman–Crippen MR) is 78.5 cm³/mol. The Labute approximate surface area is 122 Å². The van der Waals surface area contributed by atoms with E-state index < -0.39 is 4.92 Å². The minimum atomic E-state index is -0.445. The van der Waals surface area contributed by atoms with Gasteiger partial charge in [-0.15, -0.1) is 11.6 Å². The maximum Gasteiger partial charge on any atom is 0.274 e. The quantitative estimate of drug-likeness (QED) is 0.456. The van der Waals surface area contributed by atoms with Crippen LogP contribution in [0.3, 0.4) is 0 Å². The summed E-state index contributed by atoms with van der Waals surface area (Å²) < 4.78 is 5.72. The normalized spacial score (nSPS) is 10.3. The number of hydrogen-bond donors (Lipinski definition) is 0. The summed E-state index contributed by atoms with van der Waals surface area (Å²) in [6.45, 7) is 2.07. The molecular formula is C15H14ClNO3. The summed E-state index contributed by atoms with van der Waals surface area (Å²) in [5.41, 5.74) is 1.62. The number of halogens is 1. The minimum absolute atomic E-state index is 0.00894. The van der Waals surface area contributed by atoms with Crippen molar-refractivity contribution < 1.29 is 9.66 Å². The Morgan fingerprint density at radius 1 is 1.20 bits per heavy atom. The molecule has 0 atom stereocenters. The fourth-order valence-corrected chi connectivity index (χ4v) is 2.09. The van der Waals surface area contributed by atoms with Crippen molar-refractivity contribution >= 4 is 17.3 Å². The van der Waals surface area contributed by atoms with E-state index in [0.29, 0.717) is 17.1 Å². The van der Waals surface area contributed by atoms with Crippen molar-refractivity contribution in [2.75, 3.05) is 0 Å². The third-order valence-electron chi connectivity index (χ3n) is 2.93. The molecule has 104 valence electrons. The Morgan fingerprint density at radius 2 is 1.95 bits per heavy atom. The van der Waals surface area contributed by atoms with Crippen LogP contribution in [0.1, 0.15) is 18.1 Å². The van der Waals surface area contributed by atoms with Crippen molar-refractivity contribution in [3.05, 3.63) is 63.7 Å². The van der Waals surface area contributed by atoms with Crippen molar-refractivity contribution in [3.63, 3.8) is 0 Å². The van der Waals surface area contributed by atoms with Gasteiger partial charge in [0.25, 0.3) is 5.69 Å². The molecule has 0 radical (unpaired) electrons. The van der Waals surface area contributed by atoms with Gasteiger partial charge in [-0.2, -0.15) is 0 Å². The predicted octanol–water partition coefficient (Wildman–Crippen LogP) is 4.69. The zero-order chi connectivity index (χ0) is 14.5. The van der Waals surface area contributed by atoms with E-state index >= 15 is 0 Å². The van der Waals surface area contributed by atoms with Crippen LogP contribution in [0.15, 0.2) is 42.5 Å². The van der Waals surface area contributed by atoms with Crippen LogP contribution >= 0.6 is 11.6 Å². The van der Waals surface area contributed by atoms with Gasteiger partial charge in [-0.3, -0.25) is 10.1 Å². The number of nitro benzene ring substituents is 1. The van der Waals surface area contributed by atoms with Gasteiger partial charge < -0.3 is 4.74 Å². The third-order valence-corrected chi connectivity index (χ3v) is 3.22. The Balaban J connectivity index is 2.27. The van der Waals surface area contributed by atoms with Crippen molar-refractivity contribution in [2.24, 2.45) is 0 Å². The SMILES string of the molecule is CCc1cccc(Oc2ccc([N+](=O)[O-])c(CCl)c2)c1. The number of aryl methyl sites for hydroxylation is 1. The van der Waals surface area contributed by atoms with E-state index in [-0.39, 0.29) is 11.6 Å². The number of benzene rings is 2. The number of ether oxygens (including phenoxy) is 1. The lowest BCUT2D eigenvalue weighted by molar-refractivity contribution is -0.385. The average Bonchev–Trinajstić information content (AvgIpc) is 2.47. The highest BCUT2D eigenvalue weighted by molar-refractivity contribution is 6.17. The monoisotopic (exact) mass is 291 g/mol. The van der Waals surface area contributed by atoms with Crippen molar-refractivity contribution in [3.8, 4) is 11.5 Å². The first-order chi connectivity index (χ1) is 9.63. The van der Waals surface area contributed by atoms with Crippen molar-refractivity contribution in [1.82, 2.24) is 0 Å². The largest absolute Gasteiger partial charge is 0.457 e. The molecule has 2 aromatic carbocycles. The highest BCUT2D eigenvalue weighted by Gasteiger charge is 2.14. The molecule has 4 nitrogen and oxygen atoms in total. The van der Waals surface area contributed by atoms with Gasteiger partial charge in [-0.25, -0.2) is 0 Å². The summed E-state index contributed by atoms with van der Waals surface area (Å²) in [6, 6.07) is 12.3. The van der Waals surface area contributed by atoms with Crippen molar-refractivity contribution in [2.45, 2.75) is 19.2 Å². The van der Waals surface area contributed by atoms with Crippen LogP contribution in [0.5, 0.6) is 11.5 Å². The maximum absolute atomic E-state index is 10.8. The first kappa shape index (κ1) is 14.3. The van der Waals surface area contributed by atoms with Crippen LogP contribution in [0.2, 0.25) is 0 Å². The molecule has 0 aliphatic rings. The smallest absolute Gasteiger partial charge is 0.274 e. The Hall–Kier alpha value is -2.07. The Bertz CT molecular complexity index is 628. The summed E-state index contributed by atoms with van der Waals surface area (Å²) in [6.07, 6.45) is 0.921. The zero-order valence-corrected chi connectivity index (χ0v) is 11.8. The average molecular weight is 292 g/mol. The van der Waals surface area contributed by atoms with Gasteiger partial charge in [-0.05, 0) is 36.2 Å². The summed E-state index contributed by atoms with van der Waals surface area (Å²) in [7, 11) is 0. The van der Waals surface area contributed by atoms with Gasteiger partial charge in [-0.1, -0.05) is 19.1 Å². The third kappa shape index (κ3) is 3.27. The summed E-state index contributed by atoms with van der Waals surface area (Å²) in [4.78, 5) is 10.4. The van der Waals surface area contributed by atoms with Gasteiger partial charge in [0.1, 0.15) is 11.5 Å².